The number of hydrogen-bond acceptors (Lipinski definition) is 2. The third-order valence-electron chi connectivity index (χ3n) is 3.16. The first-order valence-corrected chi connectivity index (χ1v) is 6.39. The van der Waals surface area contributed by atoms with Gasteiger partial charge in [0.25, 0.3) is 0 Å². The number of nitrogens with one attached hydrogen (secondary N) is 1. The molecule has 18 heavy (non-hydrogen) atoms. The molecule has 1 N–H and O–H groups in total. The zero-order valence-corrected chi connectivity index (χ0v) is 11.4. The summed E-state index contributed by atoms with van der Waals surface area (Å²) in [5, 5.41) is 3.31. The molecule has 0 saturated carbocycles. The van der Waals surface area contributed by atoms with Crippen LogP contribution in [0, 0.1) is 0 Å². The van der Waals surface area contributed by atoms with E-state index in [1.165, 1.54) is 5.56 Å². The Labute approximate surface area is 115 Å². The second-order valence-electron chi connectivity index (χ2n) is 4.47. The molecular weight excluding hydrogens is 248 g/mol. The van der Waals surface area contributed by atoms with E-state index in [4.69, 9.17) is 0 Å². The van der Waals surface area contributed by atoms with Crippen LogP contribution in [0.15, 0.2) is 30.3 Å². The van der Waals surface area contributed by atoms with E-state index >= 15 is 0 Å². The van der Waals surface area contributed by atoms with Gasteiger partial charge < -0.3 is 10.2 Å². The van der Waals surface area contributed by atoms with E-state index in [-0.39, 0.29) is 18.3 Å². The van der Waals surface area contributed by atoms with Crippen LogP contribution in [0.2, 0.25) is 0 Å². The van der Waals surface area contributed by atoms with E-state index in [9.17, 15) is 4.79 Å². The van der Waals surface area contributed by atoms with Crippen molar-refractivity contribution in [2.24, 2.45) is 0 Å². The number of rotatable bonds is 3. The van der Waals surface area contributed by atoms with Crippen LogP contribution in [0.25, 0.3) is 0 Å². The van der Waals surface area contributed by atoms with Crippen molar-refractivity contribution in [1.29, 1.82) is 0 Å². The van der Waals surface area contributed by atoms with Gasteiger partial charge >= 0.3 is 0 Å². The van der Waals surface area contributed by atoms with Crippen molar-refractivity contribution in [3.63, 3.8) is 0 Å². The number of hydrogen-bond donors (Lipinski definition) is 1. The molecule has 1 aliphatic rings. The van der Waals surface area contributed by atoms with Gasteiger partial charge in [-0.15, -0.1) is 12.4 Å². The molecule has 1 aliphatic heterocycles. The lowest BCUT2D eigenvalue weighted by molar-refractivity contribution is -0.130. The second-order valence-corrected chi connectivity index (χ2v) is 4.47. The SMILES string of the molecule is Cl.O=C(CCc1ccccc1)N1CCCNCC1. The molecule has 100 valence electrons. The van der Waals surface area contributed by atoms with Crippen LogP contribution < -0.4 is 5.32 Å². The Hall–Kier alpha value is -1.06. The van der Waals surface area contributed by atoms with Crippen LogP contribution in [0.5, 0.6) is 0 Å². The zero-order valence-electron chi connectivity index (χ0n) is 10.6. The van der Waals surface area contributed by atoms with Crippen molar-refractivity contribution in [2.75, 3.05) is 26.2 Å². The highest BCUT2D eigenvalue weighted by atomic mass is 35.5. The quantitative estimate of drug-likeness (QED) is 0.908. The summed E-state index contributed by atoms with van der Waals surface area (Å²) in [6.45, 7) is 3.72. The molecule has 0 aliphatic carbocycles. The van der Waals surface area contributed by atoms with E-state index in [2.05, 4.69) is 17.4 Å². The molecule has 2 rings (SSSR count). The van der Waals surface area contributed by atoms with Gasteiger partial charge in [0.05, 0.1) is 0 Å². The third-order valence-corrected chi connectivity index (χ3v) is 3.16. The first kappa shape index (κ1) is 15.0. The molecule has 3 nitrogen and oxygen atoms in total. The minimum Gasteiger partial charge on any atom is -0.341 e. The summed E-state index contributed by atoms with van der Waals surface area (Å²) in [5.74, 6) is 0.289. The largest absolute Gasteiger partial charge is 0.341 e. The zero-order chi connectivity index (χ0) is 11.9. The molecule has 0 radical (unpaired) electrons. The fourth-order valence-corrected chi connectivity index (χ4v) is 2.15. The average molecular weight is 269 g/mol. The van der Waals surface area contributed by atoms with Crippen LogP contribution in [-0.4, -0.2) is 37.0 Å². The predicted molar refractivity (Wildman–Crippen MR) is 76.1 cm³/mol. The van der Waals surface area contributed by atoms with E-state index in [1.807, 2.05) is 23.1 Å². The number of benzene rings is 1. The third kappa shape index (κ3) is 4.67. The maximum Gasteiger partial charge on any atom is 0.222 e. The molecule has 0 aromatic heterocycles. The molecular formula is C14H21ClN2O. The highest BCUT2D eigenvalue weighted by Gasteiger charge is 2.14. The first-order valence-electron chi connectivity index (χ1n) is 6.39. The van der Waals surface area contributed by atoms with Crippen LogP contribution in [-0.2, 0) is 11.2 Å². The lowest BCUT2D eigenvalue weighted by atomic mass is 10.1. The Morgan fingerprint density at radius 3 is 2.72 bits per heavy atom. The summed E-state index contributed by atoms with van der Waals surface area (Å²) in [5.41, 5.74) is 1.24. The second kappa shape index (κ2) is 8.11. The standard InChI is InChI=1S/C14H20N2O.ClH/c17-14(16-11-4-9-15-10-12-16)8-7-13-5-2-1-3-6-13;/h1-3,5-6,15H,4,7-12H2;1H. The molecule has 1 fully saturated rings. The normalized spacial score (nSPS) is 15.7. The summed E-state index contributed by atoms with van der Waals surface area (Å²) < 4.78 is 0. The number of halogens is 1. The summed E-state index contributed by atoms with van der Waals surface area (Å²) in [6, 6.07) is 10.2. The summed E-state index contributed by atoms with van der Waals surface area (Å²) in [6.07, 6.45) is 2.55. The molecule has 0 atom stereocenters. The molecule has 1 aromatic carbocycles. The lowest BCUT2D eigenvalue weighted by Crippen LogP contribution is -2.34. The lowest BCUT2D eigenvalue weighted by Gasteiger charge is -2.19. The average Bonchev–Trinajstić information content (AvgIpc) is 2.66. The highest BCUT2D eigenvalue weighted by Crippen LogP contribution is 2.06. The van der Waals surface area contributed by atoms with Crippen molar-refractivity contribution in [1.82, 2.24) is 10.2 Å². The summed E-state index contributed by atoms with van der Waals surface area (Å²) >= 11 is 0. The molecule has 1 amide bonds. The number of carbonyl (C=O) groups is 1. The Morgan fingerprint density at radius 2 is 1.94 bits per heavy atom. The van der Waals surface area contributed by atoms with Crippen molar-refractivity contribution in [3.05, 3.63) is 35.9 Å². The molecule has 0 unspecified atom stereocenters. The van der Waals surface area contributed by atoms with Crippen LogP contribution in [0.1, 0.15) is 18.4 Å². The molecule has 4 heteroatoms. The molecule has 1 heterocycles. The molecule has 0 bridgehead atoms. The van der Waals surface area contributed by atoms with Crippen molar-refractivity contribution >= 4 is 18.3 Å². The molecule has 0 spiro atoms. The fourth-order valence-electron chi connectivity index (χ4n) is 2.15. The predicted octanol–water partition coefficient (Wildman–Crippen LogP) is 1.86. The van der Waals surface area contributed by atoms with Crippen molar-refractivity contribution in [2.45, 2.75) is 19.3 Å². The summed E-state index contributed by atoms with van der Waals surface area (Å²) in [7, 11) is 0. The van der Waals surface area contributed by atoms with Crippen LogP contribution in [0.3, 0.4) is 0 Å². The van der Waals surface area contributed by atoms with Gasteiger partial charge in [-0.25, -0.2) is 0 Å². The highest BCUT2D eigenvalue weighted by molar-refractivity contribution is 5.85. The number of nitrogens with zero attached hydrogens (tertiary/aromatic N) is 1. The molecule has 1 saturated heterocycles. The monoisotopic (exact) mass is 268 g/mol. The van der Waals surface area contributed by atoms with Gasteiger partial charge in [-0.05, 0) is 24.9 Å². The van der Waals surface area contributed by atoms with Crippen LogP contribution in [0.4, 0.5) is 0 Å². The van der Waals surface area contributed by atoms with Gasteiger partial charge in [0.15, 0.2) is 0 Å². The van der Waals surface area contributed by atoms with Gasteiger partial charge in [0.1, 0.15) is 0 Å². The van der Waals surface area contributed by atoms with E-state index in [0.717, 1.165) is 39.0 Å². The minimum absolute atomic E-state index is 0. The molecule has 1 aromatic rings. The Balaban J connectivity index is 0.00000162. The maximum absolute atomic E-state index is 12.0. The van der Waals surface area contributed by atoms with Gasteiger partial charge in [0.2, 0.25) is 5.91 Å². The van der Waals surface area contributed by atoms with E-state index < -0.39 is 0 Å². The summed E-state index contributed by atoms with van der Waals surface area (Å²) in [4.78, 5) is 14.0. The van der Waals surface area contributed by atoms with Gasteiger partial charge in [-0.1, -0.05) is 30.3 Å². The Bertz CT molecular complexity index is 348. The maximum atomic E-state index is 12.0. The Morgan fingerprint density at radius 1 is 1.17 bits per heavy atom. The Kier molecular flexibility index (Phi) is 6.76. The minimum atomic E-state index is 0. The van der Waals surface area contributed by atoms with Gasteiger partial charge in [-0.3, -0.25) is 4.79 Å². The first-order chi connectivity index (χ1) is 8.36. The number of aryl methyl sites for hydroxylation is 1. The van der Waals surface area contributed by atoms with Crippen LogP contribution >= 0.6 is 12.4 Å². The van der Waals surface area contributed by atoms with E-state index in [0.29, 0.717) is 6.42 Å². The van der Waals surface area contributed by atoms with Crippen molar-refractivity contribution < 1.29 is 4.79 Å². The van der Waals surface area contributed by atoms with Crippen molar-refractivity contribution in [3.8, 4) is 0 Å². The number of carbonyl (C=O) groups excluding carboxylic acids is 1. The van der Waals surface area contributed by atoms with Gasteiger partial charge in [0, 0.05) is 26.1 Å². The topological polar surface area (TPSA) is 32.3 Å². The fraction of sp³-hybridized carbons (Fsp3) is 0.500. The smallest absolute Gasteiger partial charge is 0.222 e. The van der Waals surface area contributed by atoms with E-state index in [1.54, 1.807) is 0 Å². The van der Waals surface area contributed by atoms with Gasteiger partial charge in [-0.2, -0.15) is 0 Å². The number of amides is 1.